The van der Waals surface area contributed by atoms with Gasteiger partial charge in [0, 0.05) is 16.0 Å². The molecule has 0 aliphatic rings. The molecule has 132 valence electrons. The predicted molar refractivity (Wildman–Crippen MR) is 100 cm³/mol. The summed E-state index contributed by atoms with van der Waals surface area (Å²) in [5.41, 5.74) is 2.21. The summed E-state index contributed by atoms with van der Waals surface area (Å²) in [6.45, 7) is 1.88. The van der Waals surface area contributed by atoms with Crippen LogP contribution in [0.4, 0.5) is 9.39 Å². The first-order valence-electron chi connectivity index (χ1n) is 7.85. The molecular formula is C20H16FNO3S. The molecule has 6 heteroatoms. The van der Waals surface area contributed by atoms with E-state index >= 15 is 0 Å². The largest absolute Gasteiger partial charge is 0.465 e. The van der Waals surface area contributed by atoms with E-state index in [0.717, 1.165) is 16.0 Å². The molecule has 0 saturated heterocycles. The molecule has 2 aromatic carbocycles. The maximum Gasteiger partial charge on any atom is 0.341 e. The smallest absolute Gasteiger partial charge is 0.341 e. The van der Waals surface area contributed by atoms with Gasteiger partial charge in [0.25, 0.3) is 5.91 Å². The van der Waals surface area contributed by atoms with Gasteiger partial charge in [-0.25, -0.2) is 9.18 Å². The van der Waals surface area contributed by atoms with Gasteiger partial charge in [-0.05, 0) is 36.8 Å². The number of carbonyl (C=O) groups excluding carboxylic acids is 2. The van der Waals surface area contributed by atoms with Crippen LogP contribution in [0.25, 0.3) is 11.1 Å². The fraction of sp³-hybridized carbons (Fsp3) is 0.100. The summed E-state index contributed by atoms with van der Waals surface area (Å²) >= 11 is 1.30. The van der Waals surface area contributed by atoms with Gasteiger partial charge in [0.15, 0.2) is 0 Å². The minimum absolute atomic E-state index is 0.300. The number of hydrogen-bond donors (Lipinski definition) is 1. The monoisotopic (exact) mass is 369 g/mol. The Morgan fingerprint density at radius 1 is 1.04 bits per heavy atom. The molecule has 3 aromatic rings. The molecular weight excluding hydrogens is 353 g/mol. The van der Waals surface area contributed by atoms with Crippen molar-refractivity contribution in [3.63, 3.8) is 0 Å². The second kappa shape index (κ2) is 7.49. The van der Waals surface area contributed by atoms with Crippen molar-refractivity contribution >= 4 is 28.2 Å². The molecule has 0 spiro atoms. The maximum atomic E-state index is 13.0. The Bertz CT molecular complexity index is 949. The van der Waals surface area contributed by atoms with Gasteiger partial charge in [-0.3, -0.25) is 4.79 Å². The number of carbonyl (C=O) groups is 2. The number of benzene rings is 2. The zero-order valence-electron chi connectivity index (χ0n) is 14.2. The number of halogens is 1. The summed E-state index contributed by atoms with van der Waals surface area (Å²) in [4.78, 5) is 25.7. The van der Waals surface area contributed by atoms with Crippen LogP contribution in [0.3, 0.4) is 0 Å². The zero-order chi connectivity index (χ0) is 18.7. The fourth-order valence-electron chi connectivity index (χ4n) is 2.66. The van der Waals surface area contributed by atoms with Gasteiger partial charge in [-0.1, -0.05) is 30.3 Å². The van der Waals surface area contributed by atoms with E-state index in [2.05, 4.69) is 5.32 Å². The second-order valence-electron chi connectivity index (χ2n) is 5.56. The van der Waals surface area contributed by atoms with Crippen LogP contribution >= 0.6 is 11.3 Å². The molecule has 0 atom stereocenters. The van der Waals surface area contributed by atoms with Crippen molar-refractivity contribution in [2.24, 2.45) is 0 Å². The highest BCUT2D eigenvalue weighted by Gasteiger charge is 2.25. The molecule has 0 aliphatic heterocycles. The zero-order valence-corrected chi connectivity index (χ0v) is 15.0. The Balaban J connectivity index is 2.03. The summed E-state index contributed by atoms with van der Waals surface area (Å²) in [7, 11) is 1.30. The third kappa shape index (κ3) is 3.50. The quantitative estimate of drug-likeness (QED) is 0.666. The van der Waals surface area contributed by atoms with Crippen LogP contribution in [0.5, 0.6) is 0 Å². The van der Waals surface area contributed by atoms with E-state index < -0.39 is 17.7 Å². The molecule has 0 aliphatic carbocycles. The van der Waals surface area contributed by atoms with Crippen LogP contribution in [-0.4, -0.2) is 19.0 Å². The third-order valence-corrected chi connectivity index (χ3v) is 4.89. The number of nitrogens with one attached hydrogen (secondary N) is 1. The topological polar surface area (TPSA) is 55.4 Å². The van der Waals surface area contributed by atoms with Crippen molar-refractivity contribution in [2.75, 3.05) is 12.4 Å². The van der Waals surface area contributed by atoms with E-state index in [1.165, 1.54) is 42.7 Å². The molecule has 1 aromatic heterocycles. The standard InChI is InChI=1S/C20H16FNO3S/c1-12-16(13-6-4-3-5-7-13)17(20(24)25-2)19(26-12)22-18(23)14-8-10-15(21)11-9-14/h3-11H,1-2H3,(H,22,23). The summed E-state index contributed by atoms with van der Waals surface area (Å²) in [5, 5.41) is 3.15. The highest BCUT2D eigenvalue weighted by molar-refractivity contribution is 7.17. The van der Waals surface area contributed by atoms with E-state index in [9.17, 15) is 14.0 Å². The van der Waals surface area contributed by atoms with Crippen molar-refractivity contribution in [2.45, 2.75) is 6.92 Å². The van der Waals surface area contributed by atoms with Crippen LogP contribution in [0.2, 0.25) is 0 Å². The summed E-state index contributed by atoms with van der Waals surface area (Å²) in [6, 6.07) is 14.6. The van der Waals surface area contributed by atoms with Crippen LogP contribution in [-0.2, 0) is 4.74 Å². The van der Waals surface area contributed by atoms with Gasteiger partial charge in [0.1, 0.15) is 16.4 Å². The Morgan fingerprint density at radius 3 is 2.31 bits per heavy atom. The average Bonchev–Trinajstić information content (AvgIpc) is 2.98. The Hall–Kier alpha value is -2.99. The van der Waals surface area contributed by atoms with Gasteiger partial charge in [0.05, 0.1) is 7.11 Å². The van der Waals surface area contributed by atoms with E-state index in [1.807, 2.05) is 37.3 Å². The number of aryl methyl sites for hydroxylation is 1. The van der Waals surface area contributed by atoms with Gasteiger partial charge in [-0.2, -0.15) is 0 Å². The molecule has 0 radical (unpaired) electrons. The fourth-order valence-corrected chi connectivity index (χ4v) is 3.72. The molecule has 0 unspecified atom stereocenters. The van der Waals surface area contributed by atoms with E-state index in [1.54, 1.807) is 0 Å². The minimum Gasteiger partial charge on any atom is -0.465 e. The normalized spacial score (nSPS) is 10.4. The van der Waals surface area contributed by atoms with Crippen LogP contribution in [0, 0.1) is 12.7 Å². The Labute approximate surface area is 154 Å². The van der Waals surface area contributed by atoms with Crippen molar-refractivity contribution in [3.05, 3.63) is 76.4 Å². The number of hydrogen-bond acceptors (Lipinski definition) is 4. The molecule has 0 fully saturated rings. The number of methoxy groups -OCH3 is 1. The van der Waals surface area contributed by atoms with E-state index in [-0.39, 0.29) is 0 Å². The van der Waals surface area contributed by atoms with Crippen molar-refractivity contribution < 1.29 is 18.7 Å². The second-order valence-corrected chi connectivity index (χ2v) is 6.78. The van der Waals surface area contributed by atoms with Crippen molar-refractivity contribution in [1.29, 1.82) is 0 Å². The lowest BCUT2D eigenvalue weighted by Gasteiger charge is -2.08. The highest BCUT2D eigenvalue weighted by Crippen LogP contribution is 2.40. The van der Waals surface area contributed by atoms with Gasteiger partial charge in [-0.15, -0.1) is 11.3 Å². The summed E-state index contributed by atoms with van der Waals surface area (Å²) in [5.74, 6) is -1.37. The molecule has 1 N–H and O–H groups in total. The lowest BCUT2D eigenvalue weighted by molar-refractivity contribution is 0.0603. The number of ether oxygens (including phenoxy) is 1. The molecule has 0 saturated carbocycles. The van der Waals surface area contributed by atoms with Crippen LogP contribution < -0.4 is 5.32 Å². The third-order valence-electron chi connectivity index (χ3n) is 3.87. The summed E-state index contributed by atoms with van der Waals surface area (Å²) in [6.07, 6.45) is 0. The molecule has 3 rings (SSSR count). The number of thiophene rings is 1. The van der Waals surface area contributed by atoms with E-state index in [0.29, 0.717) is 16.1 Å². The Kier molecular flexibility index (Phi) is 5.14. The molecule has 0 bridgehead atoms. The number of amides is 1. The Morgan fingerprint density at radius 2 is 1.69 bits per heavy atom. The van der Waals surface area contributed by atoms with Crippen LogP contribution in [0.1, 0.15) is 25.6 Å². The lowest BCUT2D eigenvalue weighted by Crippen LogP contribution is -2.14. The number of anilines is 1. The van der Waals surface area contributed by atoms with Crippen molar-refractivity contribution in [1.82, 2.24) is 0 Å². The number of esters is 1. The molecule has 1 heterocycles. The molecule has 4 nitrogen and oxygen atoms in total. The van der Waals surface area contributed by atoms with Crippen molar-refractivity contribution in [3.8, 4) is 11.1 Å². The van der Waals surface area contributed by atoms with Gasteiger partial charge in [0.2, 0.25) is 0 Å². The molecule has 26 heavy (non-hydrogen) atoms. The lowest BCUT2D eigenvalue weighted by atomic mass is 10.0. The summed E-state index contributed by atoms with van der Waals surface area (Å²) < 4.78 is 18.0. The first-order valence-corrected chi connectivity index (χ1v) is 8.67. The van der Waals surface area contributed by atoms with Crippen LogP contribution in [0.15, 0.2) is 54.6 Å². The average molecular weight is 369 g/mol. The first-order chi connectivity index (χ1) is 12.5. The highest BCUT2D eigenvalue weighted by atomic mass is 32.1. The van der Waals surface area contributed by atoms with Gasteiger partial charge >= 0.3 is 5.97 Å². The number of rotatable bonds is 4. The predicted octanol–water partition coefficient (Wildman–Crippen LogP) is 4.90. The maximum absolute atomic E-state index is 13.0. The first kappa shape index (κ1) is 17.8. The molecule has 1 amide bonds. The van der Waals surface area contributed by atoms with E-state index in [4.69, 9.17) is 4.74 Å². The SMILES string of the molecule is COC(=O)c1c(NC(=O)c2ccc(F)cc2)sc(C)c1-c1ccccc1. The van der Waals surface area contributed by atoms with Gasteiger partial charge < -0.3 is 10.1 Å². The minimum atomic E-state index is -0.525.